The molecule has 2 heterocycles. The number of amides is 3. The number of likely N-dealkylation sites (tertiary alicyclic amines) is 1. The number of nitrogen functional groups attached to an aromatic ring is 1. The number of fused-ring (bicyclic) bond motifs is 1. The third-order valence-electron chi connectivity index (χ3n) is 5.32. The van der Waals surface area contributed by atoms with Crippen LogP contribution in [0.5, 0.6) is 0 Å². The van der Waals surface area contributed by atoms with Gasteiger partial charge in [-0.05, 0) is 55.0 Å². The molecule has 172 valence electrons. The molecule has 1 aliphatic rings. The molecule has 0 spiro atoms. The fourth-order valence-electron chi connectivity index (χ4n) is 3.62. The standard InChI is InChI=1S/C18H15N3O3.C6H12N2O/c19-17-15-10-13(7-6-12(15)8-9-20-17)18(24)21(11-16(22)23)14-4-2-1-3-5-14;7-6(9)8-4-2-1-3-5-8/h1-10H,11H2,(H2,19,20)(H,22,23);1-5H2,(H2,7,9). The molecule has 9 heteroatoms. The maximum atomic E-state index is 12.8. The summed E-state index contributed by atoms with van der Waals surface area (Å²) in [7, 11) is 0. The van der Waals surface area contributed by atoms with Crippen molar-refractivity contribution in [1.29, 1.82) is 0 Å². The molecule has 4 rings (SSSR count). The van der Waals surface area contributed by atoms with Gasteiger partial charge in [-0.15, -0.1) is 0 Å². The van der Waals surface area contributed by atoms with Crippen molar-refractivity contribution in [3.05, 3.63) is 66.4 Å². The van der Waals surface area contributed by atoms with Crippen LogP contribution in [0.3, 0.4) is 0 Å². The van der Waals surface area contributed by atoms with Crippen LogP contribution >= 0.6 is 0 Å². The Bertz CT molecular complexity index is 1130. The first-order valence-corrected chi connectivity index (χ1v) is 10.6. The number of primary amides is 1. The van der Waals surface area contributed by atoms with Gasteiger partial charge in [0, 0.05) is 35.9 Å². The highest BCUT2D eigenvalue weighted by Gasteiger charge is 2.21. The van der Waals surface area contributed by atoms with Crippen molar-refractivity contribution in [2.24, 2.45) is 5.73 Å². The minimum Gasteiger partial charge on any atom is -0.480 e. The number of anilines is 2. The first-order valence-electron chi connectivity index (χ1n) is 10.6. The zero-order valence-electron chi connectivity index (χ0n) is 18.2. The highest BCUT2D eigenvalue weighted by molar-refractivity contribution is 6.10. The number of rotatable bonds is 4. The second kappa shape index (κ2) is 10.9. The molecular formula is C24H27N5O4. The highest BCUT2D eigenvalue weighted by Crippen LogP contribution is 2.23. The molecule has 0 unspecified atom stereocenters. The van der Waals surface area contributed by atoms with Gasteiger partial charge in [0.1, 0.15) is 12.4 Å². The van der Waals surface area contributed by atoms with Crippen molar-refractivity contribution in [2.75, 3.05) is 30.3 Å². The van der Waals surface area contributed by atoms with E-state index in [9.17, 15) is 14.4 Å². The lowest BCUT2D eigenvalue weighted by Gasteiger charge is -2.24. The maximum Gasteiger partial charge on any atom is 0.323 e. The van der Waals surface area contributed by atoms with Crippen LogP contribution in [0.1, 0.15) is 29.6 Å². The van der Waals surface area contributed by atoms with Crippen molar-refractivity contribution in [1.82, 2.24) is 9.88 Å². The Kier molecular flexibility index (Phi) is 7.80. The predicted octanol–water partition coefficient (Wildman–Crippen LogP) is 3.10. The van der Waals surface area contributed by atoms with E-state index in [1.807, 2.05) is 0 Å². The molecular weight excluding hydrogens is 422 g/mol. The fraction of sp³-hybridized carbons (Fsp3) is 0.250. The smallest absolute Gasteiger partial charge is 0.323 e. The van der Waals surface area contributed by atoms with Gasteiger partial charge in [0.2, 0.25) is 0 Å². The van der Waals surface area contributed by atoms with Crippen LogP contribution in [-0.2, 0) is 4.79 Å². The van der Waals surface area contributed by atoms with Gasteiger partial charge >= 0.3 is 12.0 Å². The van der Waals surface area contributed by atoms with Crippen LogP contribution in [0.4, 0.5) is 16.3 Å². The number of carbonyl (C=O) groups is 3. The third kappa shape index (κ3) is 6.19. The van der Waals surface area contributed by atoms with Gasteiger partial charge in [0.25, 0.3) is 5.91 Å². The largest absolute Gasteiger partial charge is 0.480 e. The second-order valence-electron chi connectivity index (χ2n) is 7.64. The SMILES string of the molecule is NC(=O)N1CCCCC1.Nc1nccc2ccc(C(=O)N(CC(=O)O)c3ccccc3)cc12. The summed E-state index contributed by atoms with van der Waals surface area (Å²) in [6.07, 6.45) is 5.07. The Morgan fingerprint density at radius 2 is 1.70 bits per heavy atom. The van der Waals surface area contributed by atoms with Crippen molar-refractivity contribution in [2.45, 2.75) is 19.3 Å². The van der Waals surface area contributed by atoms with Crippen LogP contribution in [0.2, 0.25) is 0 Å². The number of hydrogen-bond acceptors (Lipinski definition) is 5. The van der Waals surface area contributed by atoms with E-state index in [-0.39, 0.29) is 6.03 Å². The first-order chi connectivity index (χ1) is 15.9. The molecule has 1 aromatic heterocycles. The van der Waals surface area contributed by atoms with Gasteiger partial charge in [0.05, 0.1) is 0 Å². The predicted molar refractivity (Wildman–Crippen MR) is 127 cm³/mol. The van der Waals surface area contributed by atoms with Crippen molar-refractivity contribution in [3.63, 3.8) is 0 Å². The van der Waals surface area contributed by atoms with Gasteiger partial charge in [-0.1, -0.05) is 24.3 Å². The molecule has 0 bridgehead atoms. The first kappa shape index (κ1) is 23.5. The van der Waals surface area contributed by atoms with Gasteiger partial charge < -0.3 is 21.5 Å². The van der Waals surface area contributed by atoms with E-state index in [0.29, 0.717) is 22.5 Å². The molecule has 1 saturated heterocycles. The van der Waals surface area contributed by atoms with E-state index < -0.39 is 18.4 Å². The number of benzene rings is 2. The summed E-state index contributed by atoms with van der Waals surface area (Å²) in [6.45, 7) is 1.29. The molecule has 0 radical (unpaired) electrons. The van der Waals surface area contributed by atoms with Gasteiger partial charge in [-0.3, -0.25) is 14.5 Å². The molecule has 0 atom stereocenters. The number of urea groups is 1. The average molecular weight is 450 g/mol. The lowest BCUT2D eigenvalue weighted by atomic mass is 10.1. The summed E-state index contributed by atoms with van der Waals surface area (Å²) < 4.78 is 0. The quantitative estimate of drug-likeness (QED) is 0.558. The van der Waals surface area contributed by atoms with Gasteiger partial charge in [0.15, 0.2) is 0 Å². The fourth-order valence-corrected chi connectivity index (χ4v) is 3.62. The molecule has 0 saturated carbocycles. The average Bonchev–Trinajstić information content (AvgIpc) is 2.83. The normalized spacial score (nSPS) is 13.0. The molecule has 9 nitrogen and oxygen atoms in total. The summed E-state index contributed by atoms with van der Waals surface area (Å²) in [4.78, 5) is 41.4. The number of hydrogen-bond donors (Lipinski definition) is 3. The third-order valence-corrected chi connectivity index (χ3v) is 5.32. The van der Waals surface area contributed by atoms with Crippen LogP contribution in [0, 0.1) is 0 Å². The Labute approximate surface area is 191 Å². The van der Waals surface area contributed by atoms with E-state index in [2.05, 4.69) is 4.98 Å². The number of para-hydroxylation sites is 1. The molecule has 5 N–H and O–H groups in total. The molecule has 1 aliphatic heterocycles. The van der Waals surface area contributed by atoms with E-state index in [4.69, 9.17) is 16.6 Å². The zero-order valence-corrected chi connectivity index (χ0v) is 18.2. The van der Waals surface area contributed by atoms with Crippen LogP contribution < -0.4 is 16.4 Å². The number of pyridine rings is 1. The molecule has 3 aromatic rings. The lowest BCUT2D eigenvalue weighted by Crippen LogP contribution is -2.39. The minimum absolute atomic E-state index is 0.269. The number of nitrogens with zero attached hydrogens (tertiary/aromatic N) is 3. The molecule has 2 aromatic carbocycles. The topological polar surface area (TPSA) is 143 Å². The van der Waals surface area contributed by atoms with E-state index in [1.165, 1.54) is 11.3 Å². The van der Waals surface area contributed by atoms with Gasteiger partial charge in [-0.2, -0.15) is 0 Å². The van der Waals surface area contributed by atoms with Crippen LogP contribution in [-0.4, -0.2) is 52.5 Å². The Morgan fingerprint density at radius 3 is 2.30 bits per heavy atom. The number of carboxylic acids is 1. The summed E-state index contributed by atoms with van der Waals surface area (Å²) >= 11 is 0. The van der Waals surface area contributed by atoms with E-state index >= 15 is 0 Å². The molecule has 0 aliphatic carbocycles. The number of carboxylic acid groups (broad SMARTS) is 1. The minimum atomic E-state index is -1.09. The van der Waals surface area contributed by atoms with Crippen LogP contribution in [0.15, 0.2) is 60.8 Å². The van der Waals surface area contributed by atoms with Crippen molar-refractivity contribution >= 4 is 40.2 Å². The number of aromatic nitrogens is 1. The summed E-state index contributed by atoms with van der Waals surface area (Å²) in [5.41, 5.74) is 11.8. The Morgan fingerprint density at radius 1 is 1.00 bits per heavy atom. The van der Waals surface area contributed by atoms with Gasteiger partial charge in [-0.25, -0.2) is 9.78 Å². The Hall–Kier alpha value is -4.14. The number of carbonyl (C=O) groups excluding carboxylic acids is 2. The second-order valence-corrected chi connectivity index (χ2v) is 7.64. The van der Waals surface area contributed by atoms with Crippen LogP contribution in [0.25, 0.3) is 10.8 Å². The summed E-state index contributed by atoms with van der Waals surface area (Å²) in [5.74, 6) is -1.17. The molecule has 1 fully saturated rings. The Balaban J connectivity index is 0.000000286. The summed E-state index contributed by atoms with van der Waals surface area (Å²) in [5, 5.41) is 10.7. The number of aliphatic carboxylic acids is 1. The van der Waals surface area contributed by atoms with Crippen molar-refractivity contribution < 1.29 is 19.5 Å². The summed E-state index contributed by atoms with van der Waals surface area (Å²) in [6, 6.07) is 15.3. The number of nitrogens with two attached hydrogens (primary N) is 2. The highest BCUT2D eigenvalue weighted by atomic mass is 16.4. The lowest BCUT2D eigenvalue weighted by molar-refractivity contribution is -0.135. The number of piperidine rings is 1. The van der Waals surface area contributed by atoms with Crippen molar-refractivity contribution in [3.8, 4) is 0 Å². The molecule has 3 amide bonds. The maximum absolute atomic E-state index is 12.8. The monoisotopic (exact) mass is 449 g/mol. The van der Waals surface area contributed by atoms with E-state index in [1.54, 1.807) is 65.7 Å². The molecule has 33 heavy (non-hydrogen) atoms. The van der Waals surface area contributed by atoms with E-state index in [0.717, 1.165) is 31.3 Å². The zero-order chi connectivity index (χ0) is 23.8.